The maximum absolute atomic E-state index is 4.37. The van der Waals surface area contributed by atoms with E-state index in [1.165, 1.54) is 4.88 Å². The number of thiazole rings is 1. The quantitative estimate of drug-likeness (QED) is 0.854. The van der Waals surface area contributed by atoms with E-state index in [4.69, 9.17) is 0 Å². The minimum atomic E-state index is 0.948. The van der Waals surface area contributed by atoms with Crippen molar-refractivity contribution in [2.75, 3.05) is 13.6 Å². The Morgan fingerprint density at radius 1 is 1.33 bits per heavy atom. The molecule has 1 N–H and O–H groups in total. The number of nitrogens with one attached hydrogen (secondary N) is 1. The summed E-state index contributed by atoms with van der Waals surface area (Å²) in [7, 11) is 1.95. The monoisotopic (exact) mass is 219 g/mol. The van der Waals surface area contributed by atoms with Crippen LogP contribution in [-0.2, 0) is 6.42 Å². The summed E-state index contributed by atoms with van der Waals surface area (Å²) >= 11 is 1.65. The molecule has 2 rings (SSSR count). The van der Waals surface area contributed by atoms with Crippen molar-refractivity contribution in [1.29, 1.82) is 0 Å². The molecule has 0 aliphatic heterocycles. The van der Waals surface area contributed by atoms with Crippen LogP contribution in [0.25, 0.3) is 10.6 Å². The van der Waals surface area contributed by atoms with Gasteiger partial charge in [0, 0.05) is 19.2 Å². The summed E-state index contributed by atoms with van der Waals surface area (Å²) in [5.41, 5.74) is 4.04. The first kappa shape index (κ1) is 10.3. The number of nitrogens with zero attached hydrogens (tertiary/aromatic N) is 2. The number of likely N-dealkylation sites (N-methyl/N-ethyl adjacent to an activating group) is 1. The van der Waals surface area contributed by atoms with Crippen LogP contribution in [0.4, 0.5) is 0 Å². The largest absolute Gasteiger partial charge is 0.319 e. The minimum absolute atomic E-state index is 0.948. The van der Waals surface area contributed by atoms with Crippen molar-refractivity contribution in [2.45, 2.75) is 6.42 Å². The van der Waals surface area contributed by atoms with E-state index >= 15 is 0 Å². The molecule has 0 radical (unpaired) electrons. The molecule has 0 atom stereocenters. The normalized spacial score (nSPS) is 10.5. The number of aromatic nitrogens is 2. The Labute approximate surface area is 93.2 Å². The molecule has 0 spiro atoms. The smallest absolute Gasteiger partial charge is 0.0820 e. The van der Waals surface area contributed by atoms with Crippen LogP contribution in [0.15, 0.2) is 29.9 Å². The first-order valence-electron chi connectivity index (χ1n) is 4.90. The van der Waals surface area contributed by atoms with Gasteiger partial charge in [0.15, 0.2) is 0 Å². The van der Waals surface area contributed by atoms with Crippen molar-refractivity contribution in [3.63, 3.8) is 0 Å². The van der Waals surface area contributed by atoms with E-state index in [9.17, 15) is 0 Å². The number of hydrogen-bond acceptors (Lipinski definition) is 4. The van der Waals surface area contributed by atoms with Crippen LogP contribution < -0.4 is 5.32 Å². The first-order chi connectivity index (χ1) is 7.42. The Morgan fingerprint density at radius 2 is 2.27 bits per heavy atom. The molecule has 0 aliphatic carbocycles. The fourth-order valence-corrected chi connectivity index (χ4v) is 2.21. The van der Waals surface area contributed by atoms with Gasteiger partial charge >= 0.3 is 0 Å². The van der Waals surface area contributed by atoms with Gasteiger partial charge in [-0.1, -0.05) is 6.07 Å². The van der Waals surface area contributed by atoms with E-state index < -0.39 is 0 Å². The van der Waals surface area contributed by atoms with Crippen LogP contribution in [0.1, 0.15) is 5.69 Å². The van der Waals surface area contributed by atoms with Gasteiger partial charge in [0.25, 0.3) is 0 Å². The summed E-state index contributed by atoms with van der Waals surface area (Å²) in [6, 6.07) is 5.96. The summed E-state index contributed by atoms with van der Waals surface area (Å²) in [6.07, 6.45) is 2.77. The molecule has 0 aromatic carbocycles. The highest BCUT2D eigenvalue weighted by Gasteiger charge is 2.08. The lowest BCUT2D eigenvalue weighted by molar-refractivity contribution is 0.781. The van der Waals surface area contributed by atoms with E-state index in [1.807, 2.05) is 37.0 Å². The molecule has 2 aromatic rings. The molecule has 4 heteroatoms. The Balaban J connectivity index is 2.25. The fourth-order valence-electron chi connectivity index (χ4n) is 1.40. The molecule has 78 valence electrons. The number of rotatable bonds is 4. The summed E-state index contributed by atoms with van der Waals surface area (Å²) in [5, 5.41) is 3.13. The summed E-state index contributed by atoms with van der Waals surface area (Å²) in [4.78, 5) is 9.89. The van der Waals surface area contributed by atoms with Crippen LogP contribution >= 0.6 is 11.3 Å². The summed E-state index contributed by atoms with van der Waals surface area (Å²) in [6.45, 7) is 0.948. The predicted molar refractivity (Wildman–Crippen MR) is 63.0 cm³/mol. The van der Waals surface area contributed by atoms with E-state index in [-0.39, 0.29) is 0 Å². The van der Waals surface area contributed by atoms with Crippen molar-refractivity contribution >= 4 is 11.3 Å². The van der Waals surface area contributed by atoms with Crippen molar-refractivity contribution < 1.29 is 0 Å². The Hall–Kier alpha value is -1.26. The topological polar surface area (TPSA) is 37.8 Å². The van der Waals surface area contributed by atoms with E-state index in [2.05, 4.69) is 15.3 Å². The molecule has 0 aliphatic rings. The van der Waals surface area contributed by atoms with Gasteiger partial charge in [-0.2, -0.15) is 0 Å². The number of hydrogen-bond donors (Lipinski definition) is 1. The van der Waals surface area contributed by atoms with Crippen LogP contribution in [-0.4, -0.2) is 23.6 Å². The lowest BCUT2D eigenvalue weighted by Gasteiger charge is -2.00. The molecule has 2 aromatic heterocycles. The first-order valence-corrected chi connectivity index (χ1v) is 5.78. The van der Waals surface area contributed by atoms with Gasteiger partial charge in [-0.05, 0) is 19.2 Å². The lowest BCUT2D eigenvalue weighted by atomic mass is 10.2. The summed E-state index contributed by atoms with van der Waals surface area (Å²) < 4.78 is 0. The Kier molecular flexibility index (Phi) is 3.42. The zero-order valence-electron chi connectivity index (χ0n) is 8.60. The van der Waals surface area contributed by atoms with Crippen LogP contribution in [0.3, 0.4) is 0 Å². The van der Waals surface area contributed by atoms with Crippen LogP contribution in [0.2, 0.25) is 0 Å². The van der Waals surface area contributed by atoms with Gasteiger partial charge in [-0.3, -0.25) is 4.98 Å². The second-order valence-electron chi connectivity index (χ2n) is 3.20. The third-order valence-corrected chi connectivity index (χ3v) is 3.04. The van der Waals surface area contributed by atoms with E-state index in [0.29, 0.717) is 0 Å². The highest BCUT2D eigenvalue weighted by atomic mass is 32.1. The van der Waals surface area contributed by atoms with Gasteiger partial charge in [-0.15, -0.1) is 11.3 Å². The molecule has 0 saturated heterocycles. The predicted octanol–water partition coefficient (Wildman–Crippen LogP) is 1.97. The van der Waals surface area contributed by atoms with Gasteiger partial charge in [0.1, 0.15) is 0 Å². The molecular weight excluding hydrogens is 206 g/mol. The fraction of sp³-hybridized carbons (Fsp3) is 0.273. The molecule has 0 unspecified atom stereocenters. The van der Waals surface area contributed by atoms with Gasteiger partial charge in [-0.25, -0.2) is 4.98 Å². The molecule has 0 saturated carbocycles. The third-order valence-electron chi connectivity index (χ3n) is 2.15. The molecule has 0 fully saturated rings. The third kappa shape index (κ3) is 2.40. The number of pyridine rings is 1. The molecule has 0 amide bonds. The molecule has 0 bridgehead atoms. The molecule has 3 nitrogen and oxygen atoms in total. The van der Waals surface area contributed by atoms with E-state index in [0.717, 1.165) is 24.4 Å². The van der Waals surface area contributed by atoms with Gasteiger partial charge < -0.3 is 5.32 Å². The van der Waals surface area contributed by atoms with Crippen LogP contribution in [0, 0.1) is 0 Å². The minimum Gasteiger partial charge on any atom is -0.319 e. The molecular formula is C11H13N3S. The Bertz CT molecular complexity index is 411. The maximum atomic E-state index is 4.37. The lowest BCUT2D eigenvalue weighted by Crippen LogP contribution is -2.10. The molecule has 2 heterocycles. The van der Waals surface area contributed by atoms with Crippen molar-refractivity contribution in [3.05, 3.63) is 35.6 Å². The highest BCUT2D eigenvalue weighted by molar-refractivity contribution is 7.13. The Morgan fingerprint density at radius 3 is 3.00 bits per heavy atom. The van der Waals surface area contributed by atoms with E-state index in [1.54, 1.807) is 11.3 Å². The standard InChI is InChI=1S/C11H13N3S/c1-12-7-5-10-11(15-8-14-10)9-4-2-3-6-13-9/h2-4,6,8,12H,5,7H2,1H3. The maximum Gasteiger partial charge on any atom is 0.0820 e. The average Bonchev–Trinajstić information content (AvgIpc) is 2.75. The van der Waals surface area contributed by atoms with Gasteiger partial charge in [0.05, 0.1) is 21.8 Å². The van der Waals surface area contributed by atoms with Crippen molar-refractivity contribution in [3.8, 4) is 10.6 Å². The highest BCUT2D eigenvalue weighted by Crippen LogP contribution is 2.25. The van der Waals surface area contributed by atoms with Crippen molar-refractivity contribution in [2.24, 2.45) is 0 Å². The zero-order chi connectivity index (χ0) is 10.5. The second kappa shape index (κ2) is 5.00. The molecule has 15 heavy (non-hydrogen) atoms. The SMILES string of the molecule is CNCCc1ncsc1-c1ccccn1. The average molecular weight is 219 g/mol. The zero-order valence-corrected chi connectivity index (χ0v) is 9.42. The van der Waals surface area contributed by atoms with Crippen LogP contribution in [0.5, 0.6) is 0 Å². The van der Waals surface area contributed by atoms with Gasteiger partial charge in [0.2, 0.25) is 0 Å². The second-order valence-corrected chi connectivity index (χ2v) is 4.05. The summed E-state index contributed by atoms with van der Waals surface area (Å²) in [5.74, 6) is 0. The van der Waals surface area contributed by atoms with Crippen molar-refractivity contribution in [1.82, 2.24) is 15.3 Å².